The molecule has 0 saturated carbocycles. The van der Waals surface area contributed by atoms with Crippen LogP contribution in [0.25, 0.3) is 28.2 Å². The summed E-state index contributed by atoms with van der Waals surface area (Å²) >= 11 is 6.32. The Morgan fingerprint density at radius 2 is 1.81 bits per heavy atom. The topological polar surface area (TPSA) is 85.8 Å². The van der Waals surface area contributed by atoms with Crippen molar-refractivity contribution >= 4 is 34.8 Å². The van der Waals surface area contributed by atoms with E-state index in [0.29, 0.717) is 22.2 Å². The first-order chi connectivity index (χ1) is 15.1. The number of halogens is 1. The predicted octanol–water partition coefficient (Wildman–Crippen LogP) is 5.67. The number of carbonyl (C=O) groups excluding carboxylic acids is 1. The summed E-state index contributed by atoms with van der Waals surface area (Å²) in [6, 6.07) is 12.9. The van der Waals surface area contributed by atoms with Gasteiger partial charge in [0, 0.05) is 48.1 Å². The van der Waals surface area contributed by atoms with E-state index in [4.69, 9.17) is 22.1 Å². The van der Waals surface area contributed by atoms with Crippen molar-refractivity contribution in [3.63, 3.8) is 0 Å². The molecule has 0 spiro atoms. The molecule has 32 heavy (non-hydrogen) atoms. The Balaban J connectivity index is 1.60. The monoisotopic (exact) mass is 449 g/mol. The van der Waals surface area contributed by atoms with Gasteiger partial charge >= 0.3 is 6.09 Å². The van der Waals surface area contributed by atoms with E-state index >= 15 is 0 Å². The Bertz CT molecular complexity index is 1290. The lowest BCUT2D eigenvalue weighted by Gasteiger charge is -2.24. The average Bonchev–Trinajstić information content (AvgIpc) is 3.17. The highest BCUT2D eigenvalue weighted by atomic mass is 35.5. The fourth-order valence-corrected chi connectivity index (χ4v) is 3.43. The molecule has 7 nitrogen and oxygen atoms in total. The number of hydrogen-bond acceptors (Lipinski definition) is 5. The van der Waals surface area contributed by atoms with E-state index in [1.54, 1.807) is 31.4 Å². The highest BCUT2D eigenvalue weighted by Crippen LogP contribution is 2.30. The molecule has 8 heteroatoms. The highest BCUT2D eigenvalue weighted by Gasteiger charge is 2.20. The van der Waals surface area contributed by atoms with Crippen LogP contribution in [0, 0.1) is 0 Å². The third kappa shape index (κ3) is 4.53. The average molecular weight is 450 g/mol. The number of nitrogens with two attached hydrogens (primary N) is 1. The van der Waals surface area contributed by atoms with Crippen LogP contribution < -0.4 is 10.6 Å². The van der Waals surface area contributed by atoms with Gasteiger partial charge in [-0.3, -0.25) is 9.30 Å². The van der Waals surface area contributed by atoms with Crippen molar-refractivity contribution in [1.29, 1.82) is 0 Å². The molecule has 4 rings (SSSR count). The van der Waals surface area contributed by atoms with Gasteiger partial charge in [-0.05, 0) is 56.7 Å². The van der Waals surface area contributed by atoms with Gasteiger partial charge in [0.2, 0.25) is 5.78 Å². The number of imidazole rings is 1. The first-order valence-corrected chi connectivity index (χ1v) is 10.5. The lowest BCUT2D eigenvalue weighted by Crippen LogP contribution is -2.34. The van der Waals surface area contributed by atoms with E-state index in [-0.39, 0.29) is 0 Å². The van der Waals surface area contributed by atoms with Crippen LogP contribution in [0.5, 0.6) is 0 Å². The maximum Gasteiger partial charge on any atom is 0.414 e. The first kappa shape index (κ1) is 21.6. The Hall–Kier alpha value is -3.58. The van der Waals surface area contributed by atoms with Gasteiger partial charge in [-0.2, -0.15) is 0 Å². The zero-order chi connectivity index (χ0) is 23.0. The third-order valence-corrected chi connectivity index (χ3v) is 5.16. The molecule has 0 aliphatic rings. The van der Waals surface area contributed by atoms with Crippen molar-refractivity contribution in [2.75, 3.05) is 17.7 Å². The van der Waals surface area contributed by atoms with Gasteiger partial charge in [0.1, 0.15) is 5.60 Å². The molecular weight excluding hydrogens is 426 g/mol. The number of carbonyl (C=O) groups is 1. The molecule has 164 valence electrons. The molecule has 0 saturated heterocycles. The highest BCUT2D eigenvalue weighted by molar-refractivity contribution is 6.33. The lowest BCUT2D eigenvalue weighted by atomic mass is 10.1. The molecule has 1 amide bonds. The normalized spacial score (nSPS) is 11.5. The van der Waals surface area contributed by atoms with E-state index in [9.17, 15) is 4.79 Å². The van der Waals surface area contributed by atoms with E-state index in [2.05, 4.69) is 9.97 Å². The fourth-order valence-electron chi connectivity index (χ4n) is 3.22. The van der Waals surface area contributed by atoms with Crippen LogP contribution in [0.3, 0.4) is 0 Å². The number of fused-ring (bicyclic) bond motifs is 1. The first-order valence-electron chi connectivity index (χ1n) is 10.1. The van der Waals surface area contributed by atoms with Crippen molar-refractivity contribution in [3.05, 3.63) is 66.1 Å². The van der Waals surface area contributed by atoms with Crippen molar-refractivity contribution in [2.24, 2.45) is 0 Å². The van der Waals surface area contributed by atoms with Gasteiger partial charge in [0.15, 0.2) is 0 Å². The summed E-state index contributed by atoms with van der Waals surface area (Å²) in [7, 11) is 1.69. The second-order valence-electron chi connectivity index (χ2n) is 8.50. The SMILES string of the molecule is CN(C(=O)OC(C)(C)C)c1ccc(-c2cnc3nc(-c4cc(N)ccc4Cl)cn3c2)cc1. The number of nitrogens with zero attached hydrogens (tertiary/aromatic N) is 4. The molecule has 2 aromatic carbocycles. The van der Waals surface area contributed by atoms with Crippen LogP contribution in [0.1, 0.15) is 20.8 Å². The van der Waals surface area contributed by atoms with E-state index in [1.165, 1.54) is 4.90 Å². The second-order valence-corrected chi connectivity index (χ2v) is 8.91. The van der Waals surface area contributed by atoms with E-state index in [1.807, 2.05) is 61.8 Å². The van der Waals surface area contributed by atoms with Gasteiger partial charge in [0.05, 0.1) is 10.7 Å². The van der Waals surface area contributed by atoms with Gasteiger partial charge in [-0.15, -0.1) is 0 Å². The van der Waals surface area contributed by atoms with Gasteiger partial charge < -0.3 is 10.5 Å². The molecule has 0 aliphatic carbocycles. The molecule has 4 aromatic rings. The zero-order valence-corrected chi connectivity index (χ0v) is 19.1. The van der Waals surface area contributed by atoms with Gasteiger partial charge in [-0.1, -0.05) is 23.7 Å². The number of amides is 1. The number of benzene rings is 2. The molecule has 0 aliphatic heterocycles. The molecule has 2 heterocycles. The van der Waals surface area contributed by atoms with Crippen molar-refractivity contribution in [2.45, 2.75) is 26.4 Å². The molecule has 0 fully saturated rings. The molecule has 2 N–H and O–H groups in total. The molecule has 0 radical (unpaired) electrons. The maximum absolute atomic E-state index is 12.3. The van der Waals surface area contributed by atoms with Crippen molar-refractivity contribution < 1.29 is 9.53 Å². The molecule has 0 atom stereocenters. The zero-order valence-electron chi connectivity index (χ0n) is 18.3. The number of nitrogen functional groups attached to an aromatic ring is 1. The number of rotatable bonds is 3. The number of ether oxygens (including phenoxy) is 1. The largest absolute Gasteiger partial charge is 0.443 e. The fraction of sp³-hybridized carbons (Fsp3) is 0.208. The summed E-state index contributed by atoms with van der Waals surface area (Å²) < 4.78 is 7.27. The minimum Gasteiger partial charge on any atom is -0.443 e. The van der Waals surface area contributed by atoms with Crippen LogP contribution in [0.15, 0.2) is 61.1 Å². The molecule has 2 aromatic heterocycles. The Morgan fingerprint density at radius 3 is 2.50 bits per heavy atom. The second kappa shape index (κ2) is 8.16. The van der Waals surface area contributed by atoms with Crippen LogP contribution in [0.4, 0.5) is 16.2 Å². The van der Waals surface area contributed by atoms with Crippen LogP contribution >= 0.6 is 11.6 Å². The lowest BCUT2D eigenvalue weighted by molar-refractivity contribution is 0.0589. The summed E-state index contributed by atoms with van der Waals surface area (Å²) in [4.78, 5) is 22.8. The summed E-state index contributed by atoms with van der Waals surface area (Å²) in [6.45, 7) is 5.52. The Morgan fingerprint density at radius 1 is 1.09 bits per heavy atom. The standard InChI is InChI=1S/C24H24ClN5O2/c1-24(2,3)32-23(31)29(4)18-8-5-15(6-9-18)16-12-27-22-28-21(14-30(22)13-16)19-11-17(26)7-10-20(19)25/h5-14H,26H2,1-4H3. The molecular formula is C24H24ClN5O2. The molecule has 0 unspecified atom stereocenters. The maximum atomic E-state index is 12.3. The number of anilines is 2. The summed E-state index contributed by atoms with van der Waals surface area (Å²) in [6.07, 6.45) is 5.18. The third-order valence-electron chi connectivity index (χ3n) is 4.83. The van der Waals surface area contributed by atoms with E-state index < -0.39 is 11.7 Å². The minimum atomic E-state index is -0.550. The smallest absolute Gasteiger partial charge is 0.414 e. The number of aromatic nitrogens is 3. The van der Waals surface area contributed by atoms with Crippen molar-refractivity contribution in [1.82, 2.24) is 14.4 Å². The van der Waals surface area contributed by atoms with Crippen LogP contribution in [-0.2, 0) is 4.74 Å². The number of hydrogen-bond donors (Lipinski definition) is 1. The minimum absolute atomic E-state index is 0.403. The van der Waals surface area contributed by atoms with E-state index in [0.717, 1.165) is 22.4 Å². The van der Waals surface area contributed by atoms with Crippen LogP contribution in [-0.4, -0.2) is 33.1 Å². The Kier molecular flexibility index (Phi) is 5.52. The van der Waals surface area contributed by atoms with Gasteiger partial charge in [0.25, 0.3) is 0 Å². The summed E-state index contributed by atoms with van der Waals surface area (Å²) in [5, 5.41) is 0.576. The van der Waals surface area contributed by atoms with Crippen molar-refractivity contribution in [3.8, 4) is 22.4 Å². The summed E-state index contributed by atoms with van der Waals surface area (Å²) in [5.74, 6) is 0.559. The predicted molar refractivity (Wildman–Crippen MR) is 128 cm³/mol. The quantitative estimate of drug-likeness (QED) is 0.407. The summed E-state index contributed by atoms with van der Waals surface area (Å²) in [5.41, 5.74) is 10.0. The van der Waals surface area contributed by atoms with Gasteiger partial charge in [-0.25, -0.2) is 14.8 Å². The van der Waals surface area contributed by atoms with Crippen LogP contribution in [0.2, 0.25) is 5.02 Å². The molecule has 0 bridgehead atoms. The Labute approximate surface area is 191 Å².